The molecule has 2 heterocycles. The van der Waals surface area contributed by atoms with Gasteiger partial charge in [0.05, 0.1) is 0 Å². The molecule has 2 aromatic heterocycles. The summed E-state index contributed by atoms with van der Waals surface area (Å²) >= 11 is 5.23. The minimum atomic E-state index is -1.16. The second-order valence-corrected chi connectivity index (χ2v) is 16.1. The molecule has 288 valence electrons. The van der Waals surface area contributed by atoms with Crippen molar-refractivity contribution in [3.63, 3.8) is 0 Å². The Morgan fingerprint density at radius 1 is 0.655 bits per heavy atom. The summed E-state index contributed by atoms with van der Waals surface area (Å²) in [5.74, 6) is -3.11. The van der Waals surface area contributed by atoms with E-state index in [1.807, 2.05) is 83.6 Å². The van der Waals surface area contributed by atoms with E-state index in [4.69, 9.17) is 17.2 Å². The maximum Gasteiger partial charge on any atom is 0.243 e. The molecule has 0 saturated carbocycles. The smallest absolute Gasteiger partial charge is 0.243 e. The molecule has 4 atom stereocenters. The fourth-order valence-electron chi connectivity index (χ4n) is 6.15. The molecule has 0 saturated heterocycles. The highest BCUT2D eigenvalue weighted by atomic mass is 127. The van der Waals surface area contributed by atoms with Gasteiger partial charge in [0, 0.05) is 45.7 Å². The number of carbonyl (C=O) groups excluding carboxylic acids is 5. The second-order valence-electron chi connectivity index (χ2n) is 13.0. The minimum Gasteiger partial charge on any atom is -0.370 e. The number of amides is 5. The third-order valence-corrected chi connectivity index (χ3v) is 11.6. The molecule has 0 spiro atoms. The molecule has 10 N–H and O–H groups in total. The average molecular weight is 895 g/mol. The molecule has 0 aliphatic rings. The lowest BCUT2D eigenvalue weighted by Crippen LogP contribution is -2.59. The quantitative estimate of drug-likeness (QED) is 0.0301. The third kappa shape index (κ3) is 11.7. The number of halogens is 1. The first-order valence-corrected chi connectivity index (χ1v) is 20.4. The summed E-state index contributed by atoms with van der Waals surface area (Å²) in [7, 11) is 0. The van der Waals surface area contributed by atoms with E-state index in [0.717, 1.165) is 40.4 Å². The van der Waals surface area contributed by atoms with Crippen molar-refractivity contribution in [2.24, 2.45) is 22.2 Å². The molecule has 0 unspecified atom stereocenters. The van der Waals surface area contributed by atoms with Crippen molar-refractivity contribution >= 4 is 101 Å². The molecule has 0 bridgehead atoms. The molecule has 13 nitrogen and oxygen atoms in total. The van der Waals surface area contributed by atoms with E-state index >= 15 is 0 Å². The lowest BCUT2D eigenvalue weighted by atomic mass is 10.0. The van der Waals surface area contributed by atoms with Crippen LogP contribution in [0.4, 0.5) is 0 Å². The van der Waals surface area contributed by atoms with Crippen LogP contribution in [0.3, 0.4) is 0 Å². The maximum absolute atomic E-state index is 14.2. The van der Waals surface area contributed by atoms with Crippen molar-refractivity contribution in [1.29, 1.82) is 0 Å². The van der Waals surface area contributed by atoms with Gasteiger partial charge in [0.1, 0.15) is 24.2 Å². The Kier molecular flexibility index (Phi) is 14.6. The highest BCUT2D eigenvalue weighted by Gasteiger charge is 2.31. The minimum absolute atomic E-state index is 0.0791. The molecular weight excluding hydrogens is 852 g/mol. The summed E-state index contributed by atoms with van der Waals surface area (Å²) in [5, 5.41) is 16.9. The SMILES string of the molecule is CC(=O)N[C@@H](Cc1csc2ccccc12)C(=O)N[C@@H](CCCN=C(N)N)C(=O)N[C@H](Cc1ccc(I)cc1)C(=O)N[C@@H](Cc1csc2ccccc12)C(N)=O. The van der Waals surface area contributed by atoms with E-state index in [0.29, 0.717) is 6.42 Å². The van der Waals surface area contributed by atoms with Crippen molar-refractivity contribution in [2.75, 3.05) is 6.54 Å². The molecule has 55 heavy (non-hydrogen) atoms. The number of fused-ring (bicyclic) bond motifs is 2. The monoisotopic (exact) mass is 894 g/mol. The molecule has 0 radical (unpaired) electrons. The van der Waals surface area contributed by atoms with Gasteiger partial charge in [-0.3, -0.25) is 29.0 Å². The van der Waals surface area contributed by atoms with Crippen LogP contribution in [0, 0.1) is 3.57 Å². The van der Waals surface area contributed by atoms with Crippen molar-refractivity contribution in [3.8, 4) is 0 Å². The van der Waals surface area contributed by atoms with E-state index in [2.05, 4.69) is 48.9 Å². The van der Waals surface area contributed by atoms with Crippen LogP contribution >= 0.6 is 45.3 Å². The van der Waals surface area contributed by atoms with Gasteiger partial charge in [-0.15, -0.1) is 22.7 Å². The van der Waals surface area contributed by atoms with Gasteiger partial charge in [-0.2, -0.15) is 0 Å². The Bertz CT molecular complexity index is 2180. The first-order chi connectivity index (χ1) is 26.4. The van der Waals surface area contributed by atoms with Gasteiger partial charge in [-0.05, 0) is 97.9 Å². The number of nitrogens with zero attached hydrogens (tertiary/aromatic N) is 1. The number of hydrogen-bond donors (Lipinski definition) is 7. The van der Waals surface area contributed by atoms with Crippen LogP contribution in [0.2, 0.25) is 0 Å². The highest BCUT2D eigenvalue weighted by molar-refractivity contribution is 14.1. The van der Waals surface area contributed by atoms with Gasteiger partial charge in [0.25, 0.3) is 0 Å². The van der Waals surface area contributed by atoms with Crippen molar-refractivity contribution in [2.45, 2.75) is 63.2 Å². The Labute approximate surface area is 340 Å². The van der Waals surface area contributed by atoms with Crippen LogP contribution in [0.5, 0.6) is 0 Å². The first kappa shape index (κ1) is 41.1. The zero-order valence-corrected chi connectivity index (χ0v) is 33.8. The van der Waals surface area contributed by atoms with Crippen molar-refractivity contribution in [1.82, 2.24) is 21.3 Å². The summed E-state index contributed by atoms with van der Waals surface area (Å²) in [6.07, 6.45) is 0.833. The fourth-order valence-corrected chi connectivity index (χ4v) is 8.46. The number of aliphatic imine (C=N–C) groups is 1. The number of carbonyl (C=O) groups is 5. The molecular formula is C39H43IN8O5S2. The molecule has 0 fully saturated rings. The van der Waals surface area contributed by atoms with E-state index in [1.54, 1.807) is 0 Å². The topological polar surface area (TPSA) is 224 Å². The Morgan fingerprint density at radius 3 is 1.69 bits per heavy atom. The predicted octanol–water partition coefficient (Wildman–Crippen LogP) is 3.25. The largest absolute Gasteiger partial charge is 0.370 e. The third-order valence-electron chi connectivity index (χ3n) is 8.89. The van der Waals surface area contributed by atoms with Gasteiger partial charge < -0.3 is 38.5 Å². The Morgan fingerprint density at radius 2 is 1.15 bits per heavy atom. The molecule has 0 aliphatic carbocycles. The average Bonchev–Trinajstić information content (AvgIpc) is 3.76. The molecule has 3 aromatic carbocycles. The Balaban J connectivity index is 1.38. The first-order valence-electron chi connectivity index (χ1n) is 17.6. The van der Waals surface area contributed by atoms with Gasteiger partial charge in [0.15, 0.2) is 5.96 Å². The van der Waals surface area contributed by atoms with E-state index in [-0.39, 0.29) is 38.2 Å². The number of benzene rings is 3. The molecule has 16 heteroatoms. The highest BCUT2D eigenvalue weighted by Crippen LogP contribution is 2.28. The lowest BCUT2D eigenvalue weighted by molar-refractivity contribution is -0.134. The zero-order valence-electron chi connectivity index (χ0n) is 30.0. The van der Waals surface area contributed by atoms with E-state index in [9.17, 15) is 24.0 Å². The van der Waals surface area contributed by atoms with Gasteiger partial charge in [-0.25, -0.2) is 0 Å². The summed E-state index contributed by atoms with van der Waals surface area (Å²) in [5.41, 5.74) is 19.3. The van der Waals surface area contributed by atoms with Crippen LogP contribution < -0.4 is 38.5 Å². The predicted molar refractivity (Wildman–Crippen MR) is 226 cm³/mol. The second kappa shape index (κ2) is 19.5. The normalized spacial score (nSPS) is 13.3. The zero-order chi connectivity index (χ0) is 39.5. The number of thiophene rings is 2. The van der Waals surface area contributed by atoms with Crippen molar-refractivity contribution in [3.05, 3.63) is 104 Å². The van der Waals surface area contributed by atoms with E-state index in [1.165, 1.54) is 29.6 Å². The van der Waals surface area contributed by atoms with Gasteiger partial charge in [-0.1, -0.05) is 48.5 Å². The number of nitrogens with two attached hydrogens (primary N) is 3. The van der Waals surface area contributed by atoms with Gasteiger partial charge in [0.2, 0.25) is 29.5 Å². The van der Waals surface area contributed by atoms with Crippen LogP contribution in [0.25, 0.3) is 20.2 Å². The fraction of sp³-hybridized carbons (Fsp3) is 0.282. The van der Waals surface area contributed by atoms with Crippen LogP contribution in [-0.2, 0) is 43.2 Å². The van der Waals surface area contributed by atoms with Crippen LogP contribution in [-0.4, -0.2) is 66.2 Å². The number of primary amides is 1. The summed E-state index contributed by atoms with van der Waals surface area (Å²) < 4.78 is 3.06. The number of rotatable bonds is 18. The van der Waals surface area contributed by atoms with Crippen LogP contribution in [0.1, 0.15) is 36.5 Å². The summed E-state index contributed by atoms with van der Waals surface area (Å²) in [4.78, 5) is 71.1. The maximum atomic E-state index is 14.2. The lowest BCUT2D eigenvalue weighted by Gasteiger charge is -2.26. The van der Waals surface area contributed by atoms with E-state index < -0.39 is 53.7 Å². The molecule has 5 rings (SSSR count). The molecule has 0 aliphatic heterocycles. The summed E-state index contributed by atoms with van der Waals surface area (Å²) in [6.45, 7) is 1.50. The number of guanidine groups is 1. The number of hydrogen-bond acceptors (Lipinski definition) is 8. The standard InChI is InChI=1S/C39H43IN8O5S2/c1-22(49)45-32(19-25-21-55-34-11-5-3-8-28(25)34)38(53)46-29(9-6-16-44-39(42)43)36(51)48-31(17-23-12-14-26(40)15-13-23)37(52)47-30(35(41)50)18-24-20-54-33-10-4-2-7-27(24)33/h2-5,7-8,10-15,20-21,29-32H,6,9,16-19H2,1H3,(H2,41,50)(H,45,49)(H,46,53)(H,47,52)(H,48,51)(H4,42,43,44)/t29-,30-,31+,32-/m0/s1. The molecule has 5 aromatic rings. The van der Waals surface area contributed by atoms with Crippen LogP contribution in [0.15, 0.2) is 88.5 Å². The summed E-state index contributed by atoms with van der Waals surface area (Å²) in [6, 6.07) is 18.6. The van der Waals surface area contributed by atoms with Gasteiger partial charge >= 0.3 is 0 Å². The Hall–Kier alpha value is -5.07. The number of nitrogens with one attached hydrogen (secondary N) is 4. The molecule has 5 amide bonds. The van der Waals surface area contributed by atoms with Crippen molar-refractivity contribution < 1.29 is 24.0 Å².